The number of benzene rings is 2. The Morgan fingerprint density at radius 2 is 1.72 bits per heavy atom. The van der Waals surface area contributed by atoms with E-state index in [1.165, 1.54) is 27.5 Å². The van der Waals surface area contributed by atoms with Gasteiger partial charge in [0.15, 0.2) is 17.6 Å². The minimum Gasteiger partial charge on any atom is -0.502 e. The van der Waals surface area contributed by atoms with Gasteiger partial charge in [-0.1, -0.05) is 30.3 Å². The van der Waals surface area contributed by atoms with E-state index in [0.717, 1.165) is 5.56 Å². The van der Waals surface area contributed by atoms with Gasteiger partial charge >= 0.3 is 0 Å². The van der Waals surface area contributed by atoms with Crippen LogP contribution in [0.25, 0.3) is 0 Å². The van der Waals surface area contributed by atoms with Crippen LogP contribution in [-0.4, -0.2) is 38.6 Å². The number of amides is 1. The highest BCUT2D eigenvalue weighted by Crippen LogP contribution is 2.36. The van der Waals surface area contributed by atoms with E-state index in [1.807, 2.05) is 18.2 Å². The lowest BCUT2D eigenvalue weighted by Gasteiger charge is -2.13. The minimum absolute atomic E-state index is 0.102. The maximum Gasteiger partial charge on any atom is 0.273 e. The van der Waals surface area contributed by atoms with E-state index in [2.05, 4.69) is 10.5 Å². The molecular formula is C18H20N2O5. The van der Waals surface area contributed by atoms with E-state index < -0.39 is 12.0 Å². The zero-order valence-electron chi connectivity index (χ0n) is 14.2. The Bertz CT molecular complexity index is 721. The van der Waals surface area contributed by atoms with Gasteiger partial charge in [0.25, 0.3) is 5.91 Å². The van der Waals surface area contributed by atoms with Crippen molar-refractivity contribution >= 4 is 12.1 Å². The third-order valence-corrected chi connectivity index (χ3v) is 3.47. The van der Waals surface area contributed by atoms with Gasteiger partial charge < -0.3 is 19.3 Å². The number of rotatable bonds is 7. The highest BCUT2D eigenvalue weighted by molar-refractivity contribution is 5.86. The number of carbonyl (C=O) groups is 1. The second-order valence-electron chi connectivity index (χ2n) is 5.03. The van der Waals surface area contributed by atoms with Crippen molar-refractivity contribution in [1.82, 2.24) is 5.43 Å². The Kier molecular flexibility index (Phi) is 6.36. The number of aromatic hydroxyl groups is 1. The van der Waals surface area contributed by atoms with Gasteiger partial charge in [0, 0.05) is 12.7 Å². The molecule has 0 heterocycles. The SMILES string of the molecule is COc1cc(/C=N/NC(=O)C(OC)c2ccccc2)cc(OC)c1O. The molecule has 2 aromatic carbocycles. The number of phenolic OH excluding ortho intramolecular Hbond substituents is 1. The zero-order valence-corrected chi connectivity index (χ0v) is 14.2. The highest BCUT2D eigenvalue weighted by Gasteiger charge is 2.19. The molecule has 0 aliphatic heterocycles. The Labute approximate surface area is 145 Å². The van der Waals surface area contributed by atoms with Gasteiger partial charge in [0.05, 0.1) is 20.4 Å². The average Bonchev–Trinajstić information content (AvgIpc) is 2.64. The standard InChI is InChI=1S/C18H20N2O5/c1-23-14-9-12(10-15(24-2)16(14)21)11-19-20-18(22)17(25-3)13-7-5-4-6-8-13/h4-11,17,21H,1-3H3,(H,20,22)/b19-11+. The van der Waals surface area contributed by atoms with Gasteiger partial charge in [-0.2, -0.15) is 5.10 Å². The maximum atomic E-state index is 12.2. The van der Waals surface area contributed by atoms with Gasteiger partial charge in [-0.15, -0.1) is 0 Å². The summed E-state index contributed by atoms with van der Waals surface area (Å²) in [6.45, 7) is 0. The lowest BCUT2D eigenvalue weighted by atomic mass is 10.1. The maximum absolute atomic E-state index is 12.2. The summed E-state index contributed by atoms with van der Waals surface area (Å²) in [4.78, 5) is 12.2. The van der Waals surface area contributed by atoms with E-state index in [4.69, 9.17) is 14.2 Å². The number of methoxy groups -OCH3 is 3. The number of hydrogen-bond donors (Lipinski definition) is 2. The van der Waals surface area contributed by atoms with Crippen molar-refractivity contribution in [2.45, 2.75) is 6.10 Å². The van der Waals surface area contributed by atoms with Crippen LogP contribution in [0.15, 0.2) is 47.6 Å². The summed E-state index contributed by atoms with van der Waals surface area (Å²) >= 11 is 0. The summed E-state index contributed by atoms with van der Waals surface area (Å²) < 4.78 is 15.4. The Morgan fingerprint density at radius 3 is 2.24 bits per heavy atom. The van der Waals surface area contributed by atoms with Gasteiger partial charge in [-0.3, -0.25) is 4.79 Å². The fraction of sp³-hybridized carbons (Fsp3) is 0.222. The molecule has 132 valence electrons. The monoisotopic (exact) mass is 344 g/mol. The van der Waals surface area contributed by atoms with Crippen LogP contribution in [0.5, 0.6) is 17.2 Å². The van der Waals surface area contributed by atoms with Crippen LogP contribution in [0.1, 0.15) is 17.2 Å². The average molecular weight is 344 g/mol. The number of nitrogens with one attached hydrogen (secondary N) is 1. The van der Waals surface area contributed by atoms with Crippen molar-refractivity contribution in [1.29, 1.82) is 0 Å². The van der Waals surface area contributed by atoms with Crippen LogP contribution in [0, 0.1) is 0 Å². The topological polar surface area (TPSA) is 89.4 Å². The summed E-state index contributed by atoms with van der Waals surface area (Å²) in [5.74, 6) is -0.0188. The molecule has 0 saturated carbocycles. The molecular weight excluding hydrogens is 324 g/mol. The quantitative estimate of drug-likeness (QED) is 0.594. The molecule has 0 aliphatic carbocycles. The van der Waals surface area contributed by atoms with Gasteiger partial charge in [-0.05, 0) is 17.7 Å². The molecule has 1 unspecified atom stereocenters. The summed E-state index contributed by atoms with van der Waals surface area (Å²) in [7, 11) is 4.32. The fourth-order valence-electron chi connectivity index (χ4n) is 2.24. The number of carbonyl (C=O) groups excluding carboxylic acids is 1. The van der Waals surface area contributed by atoms with E-state index >= 15 is 0 Å². The fourth-order valence-corrected chi connectivity index (χ4v) is 2.24. The van der Waals surface area contributed by atoms with Gasteiger partial charge in [0.1, 0.15) is 0 Å². The molecule has 0 spiro atoms. The van der Waals surface area contributed by atoms with E-state index in [1.54, 1.807) is 24.3 Å². The Balaban J connectivity index is 2.11. The Morgan fingerprint density at radius 1 is 1.12 bits per heavy atom. The van der Waals surface area contributed by atoms with Crippen molar-refractivity contribution in [3.63, 3.8) is 0 Å². The van der Waals surface area contributed by atoms with Gasteiger partial charge in [-0.25, -0.2) is 5.43 Å². The van der Waals surface area contributed by atoms with Crippen LogP contribution >= 0.6 is 0 Å². The van der Waals surface area contributed by atoms with E-state index in [-0.39, 0.29) is 17.2 Å². The molecule has 0 bridgehead atoms. The molecule has 7 heteroatoms. The molecule has 1 atom stereocenters. The number of ether oxygens (including phenoxy) is 3. The largest absolute Gasteiger partial charge is 0.502 e. The van der Waals surface area contributed by atoms with Crippen molar-refractivity contribution in [2.75, 3.05) is 21.3 Å². The molecule has 2 rings (SSSR count). The first-order valence-corrected chi connectivity index (χ1v) is 7.46. The summed E-state index contributed by atoms with van der Waals surface area (Å²) in [6.07, 6.45) is 0.655. The number of phenols is 1. The first-order chi connectivity index (χ1) is 12.1. The van der Waals surface area contributed by atoms with Crippen LogP contribution < -0.4 is 14.9 Å². The first kappa shape index (κ1) is 18.3. The molecule has 25 heavy (non-hydrogen) atoms. The van der Waals surface area contributed by atoms with Crippen molar-refractivity contribution < 1.29 is 24.1 Å². The van der Waals surface area contributed by atoms with E-state index in [0.29, 0.717) is 5.56 Å². The van der Waals surface area contributed by atoms with Crippen molar-refractivity contribution in [3.8, 4) is 17.2 Å². The van der Waals surface area contributed by atoms with Crippen LogP contribution in [0.4, 0.5) is 0 Å². The molecule has 0 aromatic heterocycles. The third-order valence-electron chi connectivity index (χ3n) is 3.47. The molecule has 0 saturated heterocycles. The van der Waals surface area contributed by atoms with Crippen LogP contribution in [-0.2, 0) is 9.53 Å². The number of hydrazone groups is 1. The molecule has 7 nitrogen and oxygen atoms in total. The smallest absolute Gasteiger partial charge is 0.273 e. The van der Waals surface area contributed by atoms with Crippen LogP contribution in [0.3, 0.4) is 0 Å². The second-order valence-corrected chi connectivity index (χ2v) is 5.03. The predicted octanol–water partition coefficient (Wildman–Crippen LogP) is 2.25. The summed E-state index contributed by atoms with van der Waals surface area (Å²) in [6, 6.07) is 12.2. The van der Waals surface area contributed by atoms with Crippen LogP contribution in [0.2, 0.25) is 0 Å². The molecule has 2 N–H and O–H groups in total. The molecule has 0 fully saturated rings. The summed E-state index contributed by atoms with van der Waals surface area (Å²) in [5.41, 5.74) is 3.74. The molecule has 2 aromatic rings. The lowest BCUT2D eigenvalue weighted by Crippen LogP contribution is -2.26. The number of hydrogen-bond acceptors (Lipinski definition) is 6. The molecule has 0 aliphatic rings. The first-order valence-electron chi connectivity index (χ1n) is 7.46. The third kappa shape index (κ3) is 4.48. The minimum atomic E-state index is -0.762. The zero-order chi connectivity index (χ0) is 18.2. The Hall–Kier alpha value is -3.06. The molecule has 0 radical (unpaired) electrons. The summed E-state index contributed by atoms with van der Waals surface area (Å²) in [5, 5.41) is 13.8. The van der Waals surface area contributed by atoms with Gasteiger partial charge in [0.2, 0.25) is 5.75 Å². The molecule has 1 amide bonds. The van der Waals surface area contributed by atoms with E-state index in [9.17, 15) is 9.90 Å². The number of nitrogens with zero attached hydrogens (tertiary/aromatic N) is 1. The van der Waals surface area contributed by atoms with Crippen molar-refractivity contribution in [2.24, 2.45) is 5.10 Å². The normalized spacial score (nSPS) is 12.0. The van der Waals surface area contributed by atoms with Crippen molar-refractivity contribution in [3.05, 3.63) is 53.6 Å². The second kappa shape index (κ2) is 8.70. The lowest BCUT2D eigenvalue weighted by molar-refractivity contribution is -0.131. The predicted molar refractivity (Wildman–Crippen MR) is 93.1 cm³/mol. The highest BCUT2D eigenvalue weighted by atomic mass is 16.5.